The van der Waals surface area contributed by atoms with Gasteiger partial charge in [0.1, 0.15) is 0 Å². The molecule has 0 spiro atoms. The second kappa shape index (κ2) is 11.2. The summed E-state index contributed by atoms with van der Waals surface area (Å²) in [6.45, 7) is 6.76. The standard InChI is InChI=1S/C11H22N2/c1-3-5-6-7-8-9-11-13-12-10-4-2/h4,10,13H,2-3,5-9,11H2,1H3. The quantitative estimate of drug-likeness (QED) is 0.331. The van der Waals surface area contributed by atoms with Crippen molar-refractivity contribution in [1.82, 2.24) is 5.43 Å². The van der Waals surface area contributed by atoms with Crippen LogP contribution in [0.3, 0.4) is 0 Å². The highest BCUT2D eigenvalue weighted by atomic mass is 15.3. The van der Waals surface area contributed by atoms with Gasteiger partial charge in [0.2, 0.25) is 0 Å². The van der Waals surface area contributed by atoms with Crippen LogP contribution in [0.15, 0.2) is 17.8 Å². The van der Waals surface area contributed by atoms with Gasteiger partial charge in [-0.3, -0.25) is 0 Å². The Balaban J connectivity index is 2.91. The molecule has 0 saturated heterocycles. The molecule has 0 aliphatic heterocycles. The first-order valence-corrected chi connectivity index (χ1v) is 5.28. The molecule has 0 unspecified atom stereocenters. The zero-order chi connectivity index (χ0) is 9.78. The summed E-state index contributed by atoms with van der Waals surface area (Å²) < 4.78 is 0. The average Bonchev–Trinajstić information content (AvgIpc) is 2.16. The summed E-state index contributed by atoms with van der Waals surface area (Å²) in [5, 5.41) is 3.93. The van der Waals surface area contributed by atoms with Crippen LogP contribution in [0, 0.1) is 0 Å². The minimum atomic E-state index is 0.983. The van der Waals surface area contributed by atoms with E-state index in [-0.39, 0.29) is 0 Å². The molecule has 2 nitrogen and oxygen atoms in total. The molecule has 0 rings (SSSR count). The molecule has 1 N–H and O–H groups in total. The molecule has 0 fully saturated rings. The third kappa shape index (κ3) is 11.2. The van der Waals surface area contributed by atoms with E-state index >= 15 is 0 Å². The minimum Gasteiger partial charge on any atom is -0.310 e. The van der Waals surface area contributed by atoms with Gasteiger partial charge < -0.3 is 5.43 Å². The highest BCUT2D eigenvalue weighted by molar-refractivity contribution is 5.69. The maximum Gasteiger partial charge on any atom is 0.0462 e. The topological polar surface area (TPSA) is 24.4 Å². The van der Waals surface area contributed by atoms with Gasteiger partial charge in [0.15, 0.2) is 0 Å². The largest absolute Gasteiger partial charge is 0.310 e. The van der Waals surface area contributed by atoms with E-state index in [1.165, 1.54) is 38.5 Å². The predicted molar refractivity (Wildman–Crippen MR) is 60.1 cm³/mol. The van der Waals surface area contributed by atoms with Gasteiger partial charge in [-0.05, 0) is 12.5 Å². The summed E-state index contributed by atoms with van der Waals surface area (Å²) in [7, 11) is 0. The Hall–Kier alpha value is -0.790. The van der Waals surface area contributed by atoms with Crippen molar-refractivity contribution in [1.29, 1.82) is 0 Å². The number of rotatable bonds is 9. The third-order valence-corrected chi connectivity index (χ3v) is 1.91. The van der Waals surface area contributed by atoms with Gasteiger partial charge in [-0.15, -0.1) is 0 Å². The Bertz CT molecular complexity index is 130. The van der Waals surface area contributed by atoms with E-state index in [0.717, 1.165) is 6.54 Å². The first kappa shape index (κ1) is 12.2. The zero-order valence-electron chi connectivity index (χ0n) is 8.76. The molecule has 76 valence electrons. The van der Waals surface area contributed by atoms with Crippen molar-refractivity contribution in [2.45, 2.75) is 45.4 Å². The van der Waals surface area contributed by atoms with Crippen LogP contribution in [0.4, 0.5) is 0 Å². The van der Waals surface area contributed by atoms with Crippen molar-refractivity contribution < 1.29 is 0 Å². The molecule has 13 heavy (non-hydrogen) atoms. The lowest BCUT2D eigenvalue weighted by atomic mass is 10.1. The van der Waals surface area contributed by atoms with Gasteiger partial charge in [0, 0.05) is 12.8 Å². The van der Waals surface area contributed by atoms with Crippen molar-refractivity contribution >= 4 is 6.21 Å². The molecule has 0 heterocycles. The highest BCUT2D eigenvalue weighted by Gasteiger charge is 1.88. The first-order chi connectivity index (χ1) is 6.41. The Morgan fingerprint density at radius 2 is 1.85 bits per heavy atom. The number of allylic oxidation sites excluding steroid dienone is 1. The Labute approximate surface area is 82.1 Å². The molecular weight excluding hydrogens is 160 g/mol. The molecule has 2 heteroatoms. The summed E-state index contributed by atoms with van der Waals surface area (Å²) in [4.78, 5) is 0. The van der Waals surface area contributed by atoms with Crippen LogP contribution in [0.2, 0.25) is 0 Å². The van der Waals surface area contributed by atoms with Crippen LogP contribution in [0.5, 0.6) is 0 Å². The maximum atomic E-state index is 3.93. The minimum absolute atomic E-state index is 0.983. The molecule has 0 aromatic carbocycles. The molecule has 0 amide bonds. The van der Waals surface area contributed by atoms with Crippen LogP contribution < -0.4 is 5.43 Å². The van der Waals surface area contributed by atoms with E-state index in [2.05, 4.69) is 24.0 Å². The fourth-order valence-electron chi connectivity index (χ4n) is 1.15. The molecule has 0 bridgehead atoms. The number of hydrazone groups is 1. The first-order valence-electron chi connectivity index (χ1n) is 5.28. The van der Waals surface area contributed by atoms with Gasteiger partial charge in [0.05, 0.1) is 0 Å². The fraction of sp³-hybridized carbons (Fsp3) is 0.727. The lowest BCUT2D eigenvalue weighted by Gasteiger charge is -2.00. The zero-order valence-corrected chi connectivity index (χ0v) is 8.76. The van der Waals surface area contributed by atoms with Gasteiger partial charge in [-0.2, -0.15) is 5.10 Å². The molecular formula is C11H22N2. The summed E-state index contributed by atoms with van der Waals surface area (Å²) in [6, 6.07) is 0. The summed E-state index contributed by atoms with van der Waals surface area (Å²) >= 11 is 0. The number of hydrogen-bond donors (Lipinski definition) is 1. The second-order valence-corrected chi connectivity index (χ2v) is 3.19. The van der Waals surface area contributed by atoms with Crippen LogP contribution in [0.25, 0.3) is 0 Å². The van der Waals surface area contributed by atoms with Crippen LogP contribution >= 0.6 is 0 Å². The van der Waals surface area contributed by atoms with E-state index in [4.69, 9.17) is 0 Å². The average molecular weight is 182 g/mol. The van der Waals surface area contributed by atoms with Crippen LogP contribution in [-0.2, 0) is 0 Å². The Kier molecular flexibility index (Phi) is 10.5. The molecule has 0 aliphatic rings. The van der Waals surface area contributed by atoms with Gasteiger partial charge >= 0.3 is 0 Å². The number of nitrogens with zero attached hydrogens (tertiary/aromatic N) is 1. The van der Waals surface area contributed by atoms with Crippen LogP contribution in [-0.4, -0.2) is 12.8 Å². The fourth-order valence-corrected chi connectivity index (χ4v) is 1.15. The molecule has 0 saturated carbocycles. The Morgan fingerprint density at radius 3 is 2.54 bits per heavy atom. The molecule has 0 radical (unpaired) electrons. The third-order valence-electron chi connectivity index (χ3n) is 1.91. The Morgan fingerprint density at radius 1 is 1.15 bits per heavy atom. The monoisotopic (exact) mass is 182 g/mol. The lowest BCUT2D eigenvalue weighted by Crippen LogP contribution is -2.06. The lowest BCUT2D eigenvalue weighted by molar-refractivity contribution is 0.582. The van der Waals surface area contributed by atoms with E-state index < -0.39 is 0 Å². The molecule has 0 atom stereocenters. The van der Waals surface area contributed by atoms with E-state index in [1.807, 2.05) is 0 Å². The van der Waals surface area contributed by atoms with Crippen molar-refractivity contribution in [2.24, 2.45) is 5.10 Å². The van der Waals surface area contributed by atoms with E-state index in [9.17, 15) is 0 Å². The SMILES string of the molecule is C=CC=NNCCCCCCCC. The van der Waals surface area contributed by atoms with Crippen LogP contribution in [0.1, 0.15) is 45.4 Å². The van der Waals surface area contributed by atoms with Crippen molar-refractivity contribution in [3.63, 3.8) is 0 Å². The van der Waals surface area contributed by atoms with Crippen molar-refractivity contribution in [2.75, 3.05) is 6.54 Å². The number of hydrogen-bond acceptors (Lipinski definition) is 2. The molecule has 0 aliphatic carbocycles. The number of nitrogens with one attached hydrogen (secondary N) is 1. The van der Waals surface area contributed by atoms with Gasteiger partial charge in [-0.1, -0.05) is 45.6 Å². The summed E-state index contributed by atoms with van der Waals surface area (Å²) in [5.41, 5.74) is 2.98. The summed E-state index contributed by atoms with van der Waals surface area (Å²) in [5.74, 6) is 0. The van der Waals surface area contributed by atoms with E-state index in [1.54, 1.807) is 12.3 Å². The van der Waals surface area contributed by atoms with E-state index in [0.29, 0.717) is 0 Å². The summed E-state index contributed by atoms with van der Waals surface area (Å²) in [6.07, 6.45) is 11.3. The maximum absolute atomic E-state index is 3.93. The second-order valence-electron chi connectivity index (χ2n) is 3.19. The molecule has 0 aromatic heterocycles. The smallest absolute Gasteiger partial charge is 0.0462 e. The van der Waals surface area contributed by atoms with Gasteiger partial charge in [-0.25, -0.2) is 0 Å². The van der Waals surface area contributed by atoms with Gasteiger partial charge in [0.25, 0.3) is 0 Å². The highest BCUT2D eigenvalue weighted by Crippen LogP contribution is 2.03. The predicted octanol–water partition coefficient (Wildman–Crippen LogP) is 3.11. The van der Waals surface area contributed by atoms with Crippen molar-refractivity contribution in [3.8, 4) is 0 Å². The number of unbranched alkanes of at least 4 members (excludes halogenated alkanes) is 5. The normalized spacial score (nSPS) is 10.5. The van der Waals surface area contributed by atoms with Crippen molar-refractivity contribution in [3.05, 3.63) is 12.7 Å². The molecule has 0 aromatic rings.